The van der Waals surface area contributed by atoms with E-state index < -0.39 is 0 Å². The molecule has 0 aromatic carbocycles. The molecule has 23 heavy (non-hydrogen) atoms. The normalized spacial score (nSPS) is 17.9. The van der Waals surface area contributed by atoms with Gasteiger partial charge in [-0.05, 0) is 38.7 Å². The third-order valence-corrected chi connectivity index (χ3v) is 4.69. The first-order valence-electron chi connectivity index (χ1n) is 7.55. The van der Waals surface area contributed by atoms with Gasteiger partial charge in [0.2, 0.25) is 0 Å². The van der Waals surface area contributed by atoms with E-state index in [4.69, 9.17) is 13.7 Å². The highest BCUT2D eigenvalue weighted by atomic mass is 32.2. The van der Waals surface area contributed by atoms with Crippen LogP contribution in [0.2, 0.25) is 0 Å². The number of hydrogen-bond donors (Lipinski definition) is 0. The summed E-state index contributed by atoms with van der Waals surface area (Å²) in [6, 6.07) is 3.55. The lowest BCUT2D eigenvalue weighted by molar-refractivity contribution is 0.0422. The van der Waals surface area contributed by atoms with Crippen LogP contribution < -0.4 is 0 Å². The quantitative estimate of drug-likeness (QED) is 0.782. The molecule has 0 bridgehead atoms. The minimum Gasteiger partial charge on any atom is -0.445 e. The summed E-state index contributed by atoms with van der Waals surface area (Å²) in [7, 11) is 0. The maximum Gasteiger partial charge on any atom is 0.289 e. The fraction of sp³-hybridized carbons (Fsp3) is 0.500. The van der Waals surface area contributed by atoms with E-state index in [-0.39, 0.29) is 12.0 Å². The van der Waals surface area contributed by atoms with Gasteiger partial charge in [-0.25, -0.2) is 0 Å². The SMILES string of the molecule is CSc1ccc(C(=O)N2CCC(OCc3c(C)noc3C)C2)o1. The zero-order valence-corrected chi connectivity index (χ0v) is 14.3. The molecule has 1 amide bonds. The Hall–Kier alpha value is -1.73. The molecule has 0 spiro atoms. The average Bonchev–Trinajstić information content (AvgIpc) is 3.26. The van der Waals surface area contributed by atoms with Crippen molar-refractivity contribution in [1.29, 1.82) is 0 Å². The first kappa shape index (κ1) is 16.1. The predicted octanol–water partition coefficient (Wildman–Crippen LogP) is 3.04. The van der Waals surface area contributed by atoms with Crippen LogP contribution in [0.4, 0.5) is 0 Å². The maximum atomic E-state index is 12.4. The molecule has 1 fully saturated rings. The van der Waals surface area contributed by atoms with E-state index in [0.717, 1.165) is 28.5 Å². The second-order valence-corrected chi connectivity index (χ2v) is 6.41. The van der Waals surface area contributed by atoms with E-state index in [1.54, 1.807) is 11.0 Å². The van der Waals surface area contributed by atoms with Gasteiger partial charge in [-0.3, -0.25) is 4.79 Å². The van der Waals surface area contributed by atoms with Crippen LogP contribution in [0.3, 0.4) is 0 Å². The monoisotopic (exact) mass is 336 g/mol. The van der Waals surface area contributed by atoms with Crippen molar-refractivity contribution >= 4 is 17.7 Å². The lowest BCUT2D eigenvalue weighted by atomic mass is 10.2. The molecule has 3 heterocycles. The third kappa shape index (κ3) is 3.45. The Morgan fingerprint density at radius 3 is 2.96 bits per heavy atom. The Bertz CT molecular complexity index is 675. The second-order valence-electron chi connectivity index (χ2n) is 5.60. The maximum absolute atomic E-state index is 12.4. The van der Waals surface area contributed by atoms with Gasteiger partial charge in [0, 0.05) is 18.7 Å². The fourth-order valence-corrected chi connectivity index (χ4v) is 3.04. The zero-order valence-electron chi connectivity index (χ0n) is 13.5. The van der Waals surface area contributed by atoms with Gasteiger partial charge >= 0.3 is 0 Å². The number of amides is 1. The van der Waals surface area contributed by atoms with Crippen LogP contribution in [-0.4, -0.2) is 41.4 Å². The van der Waals surface area contributed by atoms with Gasteiger partial charge in [0.15, 0.2) is 10.9 Å². The lowest BCUT2D eigenvalue weighted by Crippen LogP contribution is -2.29. The third-order valence-electron chi connectivity index (χ3n) is 4.07. The fourth-order valence-electron chi connectivity index (χ4n) is 2.66. The summed E-state index contributed by atoms with van der Waals surface area (Å²) in [4.78, 5) is 14.2. The summed E-state index contributed by atoms with van der Waals surface area (Å²) in [5, 5.41) is 4.67. The summed E-state index contributed by atoms with van der Waals surface area (Å²) in [6.07, 6.45) is 2.77. The van der Waals surface area contributed by atoms with Crippen LogP contribution in [-0.2, 0) is 11.3 Å². The van der Waals surface area contributed by atoms with Crippen molar-refractivity contribution in [2.24, 2.45) is 0 Å². The molecule has 1 aliphatic rings. The van der Waals surface area contributed by atoms with E-state index in [9.17, 15) is 4.79 Å². The van der Waals surface area contributed by atoms with Crippen molar-refractivity contribution in [2.75, 3.05) is 19.3 Å². The predicted molar refractivity (Wildman–Crippen MR) is 85.6 cm³/mol. The molecular formula is C16H20N2O4S. The largest absolute Gasteiger partial charge is 0.445 e. The number of likely N-dealkylation sites (tertiary alicyclic amines) is 1. The van der Waals surface area contributed by atoms with Gasteiger partial charge in [-0.1, -0.05) is 16.9 Å². The minimum atomic E-state index is -0.0752. The van der Waals surface area contributed by atoms with Gasteiger partial charge in [0.25, 0.3) is 5.91 Å². The van der Waals surface area contributed by atoms with Gasteiger partial charge in [0.1, 0.15) is 5.76 Å². The number of nitrogens with zero attached hydrogens (tertiary/aromatic N) is 2. The number of ether oxygens (including phenoxy) is 1. The van der Waals surface area contributed by atoms with E-state index in [1.807, 2.05) is 26.2 Å². The molecule has 2 aromatic rings. The smallest absolute Gasteiger partial charge is 0.289 e. The van der Waals surface area contributed by atoms with Crippen molar-refractivity contribution < 1.29 is 18.5 Å². The summed E-state index contributed by atoms with van der Waals surface area (Å²) in [5.41, 5.74) is 1.85. The number of carbonyl (C=O) groups is 1. The Morgan fingerprint density at radius 1 is 1.48 bits per heavy atom. The van der Waals surface area contributed by atoms with Crippen LogP contribution in [0.1, 0.15) is 34.0 Å². The van der Waals surface area contributed by atoms with E-state index >= 15 is 0 Å². The van der Waals surface area contributed by atoms with Crippen molar-refractivity contribution in [3.8, 4) is 0 Å². The zero-order chi connectivity index (χ0) is 16.4. The molecule has 0 radical (unpaired) electrons. The number of thioether (sulfide) groups is 1. The second kappa shape index (κ2) is 6.80. The molecular weight excluding hydrogens is 316 g/mol. The molecule has 2 aromatic heterocycles. The van der Waals surface area contributed by atoms with Gasteiger partial charge in [-0.15, -0.1) is 0 Å². The number of aromatic nitrogens is 1. The Balaban J connectivity index is 1.55. The van der Waals surface area contributed by atoms with Crippen molar-refractivity contribution in [3.05, 3.63) is 34.9 Å². The van der Waals surface area contributed by atoms with Crippen molar-refractivity contribution in [2.45, 2.75) is 38.1 Å². The highest BCUT2D eigenvalue weighted by Gasteiger charge is 2.29. The van der Waals surface area contributed by atoms with Crippen LogP contribution in [0.25, 0.3) is 0 Å². The summed E-state index contributed by atoms with van der Waals surface area (Å²) in [5.74, 6) is 1.10. The van der Waals surface area contributed by atoms with Crippen molar-refractivity contribution in [1.82, 2.24) is 10.1 Å². The van der Waals surface area contributed by atoms with E-state index in [1.165, 1.54) is 11.8 Å². The molecule has 6 nitrogen and oxygen atoms in total. The lowest BCUT2D eigenvalue weighted by Gasteiger charge is -2.15. The molecule has 0 N–H and O–H groups in total. The standard InChI is InChI=1S/C16H20N2O4S/c1-10-13(11(2)22-17-10)9-20-12-6-7-18(8-12)16(19)14-4-5-15(21-14)23-3/h4-5,12H,6-9H2,1-3H3. The van der Waals surface area contributed by atoms with E-state index in [2.05, 4.69) is 5.16 Å². The first-order chi connectivity index (χ1) is 11.1. The molecule has 0 saturated carbocycles. The van der Waals surface area contributed by atoms with Crippen LogP contribution in [0, 0.1) is 13.8 Å². The van der Waals surface area contributed by atoms with Crippen LogP contribution in [0.15, 0.2) is 26.2 Å². The molecule has 1 saturated heterocycles. The van der Waals surface area contributed by atoms with Crippen molar-refractivity contribution in [3.63, 3.8) is 0 Å². The summed E-state index contributed by atoms with van der Waals surface area (Å²) >= 11 is 1.48. The van der Waals surface area contributed by atoms with Gasteiger partial charge in [0.05, 0.1) is 18.4 Å². The Morgan fingerprint density at radius 2 is 2.30 bits per heavy atom. The molecule has 7 heteroatoms. The summed E-state index contributed by atoms with van der Waals surface area (Å²) in [6.45, 7) is 5.51. The number of rotatable bonds is 5. The topological polar surface area (TPSA) is 68.7 Å². The number of aryl methyl sites for hydroxylation is 2. The molecule has 124 valence electrons. The number of hydrogen-bond acceptors (Lipinski definition) is 6. The number of furan rings is 1. The highest BCUT2D eigenvalue weighted by Crippen LogP contribution is 2.23. The molecule has 3 rings (SSSR count). The molecule has 1 unspecified atom stereocenters. The molecule has 0 aliphatic carbocycles. The van der Waals surface area contributed by atoms with Crippen LogP contribution in [0.5, 0.6) is 0 Å². The van der Waals surface area contributed by atoms with Gasteiger partial charge in [-0.2, -0.15) is 0 Å². The average molecular weight is 336 g/mol. The van der Waals surface area contributed by atoms with Crippen LogP contribution >= 0.6 is 11.8 Å². The number of carbonyl (C=O) groups excluding carboxylic acids is 1. The Labute approximate surface area is 139 Å². The first-order valence-corrected chi connectivity index (χ1v) is 8.77. The van der Waals surface area contributed by atoms with E-state index in [0.29, 0.717) is 25.5 Å². The minimum absolute atomic E-state index is 0.0302. The molecule has 1 atom stereocenters. The molecule has 1 aliphatic heterocycles. The summed E-state index contributed by atoms with van der Waals surface area (Å²) < 4.78 is 16.6. The Kier molecular flexibility index (Phi) is 4.77. The highest BCUT2D eigenvalue weighted by molar-refractivity contribution is 7.98. The van der Waals surface area contributed by atoms with Gasteiger partial charge < -0.3 is 18.6 Å².